The van der Waals surface area contributed by atoms with Crippen LogP contribution in [0.2, 0.25) is 0 Å². The zero-order chi connectivity index (χ0) is 38.4. The number of esters is 1. The van der Waals surface area contributed by atoms with Gasteiger partial charge in [-0.15, -0.1) is 0 Å². The number of hydrogen-bond donors (Lipinski definition) is 2. The lowest BCUT2D eigenvalue weighted by Crippen LogP contribution is -2.67. The first-order valence-electron chi connectivity index (χ1n) is 20.4. The third-order valence-electron chi connectivity index (χ3n) is 17.2. The quantitative estimate of drug-likeness (QED) is 0.141. The number of hydrogen-bond acceptors (Lipinski definition) is 5. The number of carboxylic acid groups (broad SMARTS) is 1. The van der Waals surface area contributed by atoms with Gasteiger partial charge in [-0.2, -0.15) is 0 Å². The first kappa shape index (κ1) is 39.8. The molecule has 12 atom stereocenters. The van der Waals surface area contributed by atoms with Gasteiger partial charge in [-0.25, -0.2) is 4.31 Å². The molecule has 6 rings (SSSR count). The molecule has 5 aliphatic carbocycles. The average molecular weight is 743 g/mol. The van der Waals surface area contributed by atoms with Crippen molar-refractivity contribution in [1.29, 1.82) is 0 Å². The largest absolute Gasteiger partial charge is 0.481 e. The lowest BCUT2D eigenvalue weighted by atomic mass is 9.32. The molecule has 2 N–H and O–H groups in total. The Hall–Kier alpha value is -1.87. The van der Waals surface area contributed by atoms with Crippen molar-refractivity contribution in [1.82, 2.24) is 9.62 Å². The number of carbonyl (C=O) groups is 3. The van der Waals surface area contributed by atoms with Gasteiger partial charge in [0.25, 0.3) is 0 Å². The number of rotatable bonds is 9. The van der Waals surface area contributed by atoms with E-state index in [2.05, 4.69) is 59.3 Å². The zero-order valence-electron chi connectivity index (χ0n) is 33.9. The molecule has 294 valence electrons. The number of fused-ring (bicyclic) bond motifs is 7. The predicted molar refractivity (Wildman–Crippen MR) is 209 cm³/mol. The third kappa shape index (κ3) is 6.31. The second-order valence-electron chi connectivity index (χ2n) is 20.8. The van der Waals surface area contributed by atoms with Gasteiger partial charge in [-0.3, -0.25) is 18.6 Å². The van der Waals surface area contributed by atoms with Gasteiger partial charge in [0.05, 0.1) is 11.8 Å². The summed E-state index contributed by atoms with van der Waals surface area (Å²) in [5, 5.41) is 13.0. The Kier molecular flexibility index (Phi) is 10.0. The molecule has 5 saturated carbocycles. The predicted octanol–water partition coefficient (Wildman–Crippen LogP) is 7.90. The number of nitrogens with zero attached hydrogens (tertiary/aromatic N) is 1. The molecule has 9 heteroatoms. The lowest BCUT2D eigenvalue weighted by Gasteiger charge is -2.73. The number of amides is 1. The lowest BCUT2D eigenvalue weighted by molar-refractivity contribution is -0.250. The number of nitrogens with one attached hydrogen (secondary N) is 1. The second kappa shape index (κ2) is 13.1. The minimum absolute atomic E-state index is 0.00971. The normalized spacial score (nSPS) is 43.9. The van der Waals surface area contributed by atoms with Gasteiger partial charge < -0.3 is 15.2 Å². The molecule has 1 aliphatic heterocycles. The van der Waals surface area contributed by atoms with Gasteiger partial charge >= 0.3 is 11.9 Å². The van der Waals surface area contributed by atoms with Gasteiger partial charge in [0.2, 0.25) is 5.91 Å². The maximum Gasteiger partial charge on any atom is 0.309 e. The number of aliphatic carboxylic acids is 1. The highest BCUT2D eigenvalue weighted by molar-refractivity contribution is 7.97. The summed E-state index contributed by atoms with van der Waals surface area (Å²) in [7, 11) is -2.27. The smallest absolute Gasteiger partial charge is 0.309 e. The van der Waals surface area contributed by atoms with Crippen LogP contribution in [0.4, 0.5) is 0 Å². The molecule has 1 amide bonds. The highest BCUT2D eigenvalue weighted by Crippen LogP contribution is 2.78. The highest BCUT2D eigenvalue weighted by Gasteiger charge is 2.71. The highest BCUT2D eigenvalue weighted by atomic mass is 32.2. The summed E-state index contributed by atoms with van der Waals surface area (Å²) >= 11 is 0. The molecule has 0 aromatic heterocycles. The SMILES string of the molecule is C=C(C)[C@@H]1CC[C@]2(CC(=O)N[C@H]3CCN(S(=C)(C)=O)C3)CC[C@]3(C)[C@H](CC[C@@H]4[C@@]5(C)CC[C@H](OC(=O)CC(C)(C)C(=O)O)C(C)(C)[C@@H]5CC[C@]43C)[C@@H]12. The Labute approximate surface area is 315 Å². The minimum Gasteiger partial charge on any atom is -0.481 e. The van der Waals surface area contributed by atoms with E-state index < -0.39 is 27.1 Å². The summed E-state index contributed by atoms with van der Waals surface area (Å²) in [5.41, 5.74) is 0.350. The first-order chi connectivity index (χ1) is 23.9. The van der Waals surface area contributed by atoms with Crippen molar-refractivity contribution in [2.75, 3.05) is 19.3 Å². The van der Waals surface area contributed by atoms with Gasteiger partial charge in [0, 0.05) is 46.9 Å². The van der Waals surface area contributed by atoms with Crippen LogP contribution in [-0.4, -0.2) is 68.8 Å². The third-order valence-corrected chi connectivity index (χ3v) is 18.6. The van der Waals surface area contributed by atoms with E-state index in [0.717, 1.165) is 57.8 Å². The molecule has 1 saturated heterocycles. The number of ether oxygens (including phenoxy) is 1. The Bertz CT molecular complexity index is 1590. The van der Waals surface area contributed by atoms with Crippen molar-refractivity contribution < 1.29 is 28.4 Å². The van der Waals surface area contributed by atoms with Crippen molar-refractivity contribution in [2.45, 2.75) is 151 Å². The summed E-state index contributed by atoms with van der Waals surface area (Å²) in [4.78, 5) is 38.8. The van der Waals surface area contributed by atoms with Gasteiger partial charge in [-0.1, -0.05) is 46.8 Å². The van der Waals surface area contributed by atoms with Gasteiger partial charge in [-0.05, 0) is 149 Å². The number of carboxylic acids is 1. The fourth-order valence-electron chi connectivity index (χ4n) is 14.2. The Balaban J connectivity index is 1.22. The molecule has 1 heterocycles. The molecular weight excluding hydrogens is 673 g/mol. The van der Waals surface area contributed by atoms with Crippen molar-refractivity contribution in [3.05, 3.63) is 12.2 Å². The van der Waals surface area contributed by atoms with Crippen LogP contribution in [0, 0.1) is 62.1 Å². The van der Waals surface area contributed by atoms with Crippen LogP contribution in [0.3, 0.4) is 0 Å². The van der Waals surface area contributed by atoms with E-state index in [-0.39, 0.29) is 51.5 Å². The number of carbonyl (C=O) groups excluding carboxylic acids is 2. The van der Waals surface area contributed by atoms with Crippen LogP contribution in [0.1, 0.15) is 139 Å². The van der Waals surface area contributed by atoms with Crippen LogP contribution in [0.5, 0.6) is 0 Å². The van der Waals surface area contributed by atoms with Gasteiger partial charge in [0.15, 0.2) is 0 Å². The summed E-state index contributed by atoms with van der Waals surface area (Å²) < 4.78 is 20.7. The van der Waals surface area contributed by atoms with Crippen LogP contribution in [-0.2, 0) is 28.8 Å². The molecule has 6 fully saturated rings. The summed E-state index contributed by atoms with van der Waals surface area (Å²) in [6.45, 7) is 23.7. The monoisotopic (exact) mass is 742 g/mol. The Morgan fingerprint density at radius 2 is 1.62 bits per heavy atom. The van der Waals surface area contributed by atoms with Crippen LogP contribution < -0.4 is 5.32 Å². The topological polar surface area (TPSA) is 113 Å². The Morgan fingerprint density at radius 1 is 0.923 bits per heavy atom. The first-order valence-corrected chi connectivity index (χ1v) is 22.5. The summed E-state index contributed by atoms with van der Waals surface area (Å²) in [5.74, 6) is 5.06. The van der Waals surface area contributed by atoms with Crippen molar-refractivity contribution in [3.8, 4) is 0 Å². The fraction of sp³-hybridized carbons (Fsp3) is 0.860. The van der Waals surface area contributed by atoms with Crippen LogP contribution >= 0.6 is 0 Å². The average Bonchev–Trinajstić information content (AvgIpc) is 3.64. The maximum absolute atomic E-state index is 13.9. The molecule has 0 aromatic carbocycles. The van der Waals surface area contributed by atoms with Crippen LogP contribution in [0.25, 0.3) is 0 Å². The standard InChI is InChI=1S/C43H70N2O6S/c1-27(2)29-14-20-43(24-34(46)44-28-17-23-45(26-28)52(10,11)50)22-21-41(8)30(36(29)43)12-13-32-40(7)18-16-33(51-35(47)25-38(3,4)37(48)49)39(5,6)31(40)15-19-42(32,41)9/h28-33,36H,1,10,12-26H2,2-9,11H3,(H,44,46)(H,48,49)/t28-,29-,30+,31-,32+,33-,36+,40-,41+,42+,43+,52?/m0/s1. The molecule has 1 unspecified atom stereocenters. The molecule has 52 heavy (non-hydrogen) atoms. The molecule has 0 spiro atoms. The Morgan fingerprint density at radius 3 is 2.23 bits per heavy atom. The van der Waals surface area contributed by atoms with E-state index in [1.54, 1.807) is 20.1 Å². The van der Waals surface area contributed by atoms with Gasteiger partial charge in [0.1, 0.15) is 6.10 Å². The van der Waals surface area contributed by atoms with Crippen LogP contribution in [0.15, 0.2) is 12.2 Å². The van der Waals surface area contributed by atoms with E-state index in [1.807, 2.05) is 4.31 Å². The van der Waals surface area contributed by atoms with Crippen molar-refractivity contribution >= 4 is 33.4 Å². The maximum atomic E-state index is 13.9. The second-order valence-corrected chi connectivity index (χ2v) is 23.3. The molecular formula is C43H70N2O6S. The molecule has 6 aliphatic rings. The molecule has 0 aromatic rings. The van der Waals surface area contributed by atoms with Crippen molar-refractivity contribution in [2.24, 2.45) is 62.1 Å². The van der Waals surface area contributed by atoms with E-state index in [4.69, 9.17) is 4.74 Å². The van der Waals surface area contributed by atoms with E-state index in [0.29, 0.717) is 49.1 Å². The molecule has 0 radical (unpaired) electrons. The summed E-state index contributed by atoms with van der Waals surface area (Å²) in [6.07, 6.45) is 13.7. The minimum atomic E-state index is -2.27. The number of allylic oxidation sites excluding steroid dienone is 1. The van der Waals surface area contributed by atoms with Crippen molar-refractivity contribution in [3.63, 3.8) is 0 Å². The zero-order valence-corrected chi connectivity index (χ0v) is 34.7. The molecule has 0 bridgehead atoms. The molecule has 8 nitrogen and oxygen atoms in total. The van der Waals surface area contributed by atoms with E-state index >= 15 is 0 Å². The fourth-order valence-corrected chi connectivity index (χ4v) is 15.2. The van der Waals surface area contributed by atoms with E-state index in [9.17, 15) is 23.7 Å². The summed E-state index contributed by atoms with van der Waals surface area (Å²) in [6, 6.07) is 0.0294. The van der Waals surface area contributed by atoms with E-state index in [1.165, 1.54) is 18.4 Å².